The van der Waals surface area contributed by atoms with Crippen LogP contribution in [0.4, 0.5) is 4.79 Å². The molecule has 0 saturated carbocycles. The molecule has 2 aromatic carbocycles. The average molecular weight is 356 g/mol. The fourth-order valence-corrected chi connectivity index (χ4v) is 2.23. The monoisotopic (exact) mass is 356 g/mol. The van der Waals surface area contributed by atoms with Gasteiger partial charge in [-0.3, -0.25) is 10.1 Å². The SMILES string of the molecule is CCOc1ccccc1C(=O)OC(C(=O)NC(=O)NC)c1ccccc1. The van der Waals surface area contributed by atoms with Gasteiger partial charge < -0.3 is 14.8 Å². The van der Waals surface area contributed by atoms with E-state index in [1.165, 1.54) is 7.05 Å². The van der Waals surface area contributed by atoms with Crippen molar-refractivity contribution in [2.75, 3.05) is 13.7 Å². The molecule has 7 nitrogen and oxygen atoms in total. The third kappa shape index (κ3) is 4.83. The van der Waals surface area contributed by atoms with Gasteiger partial charge in [-0.25, -0.2) is 9.59 Å². The minimum Gasteiger partial charge on any atom is -0.493 e. The van der Waals surface area contributed by atoms with Crippen molar-refractivity contribution in [1.29, 1.82) is 0 Å². The van der Waals surface area contributed by atoms with E-state index >= 15 is 0 Å². The van der Waals surface area contributed by atoms with Crippen molar-refractivity contribution in [2.45, 2.75) is 13.0 Å². The summed E-state index contributed by atoms with van der Waals surface area (Å²) in [5.41, 5.74) is 0.638. The van der Waals surface area contributed by atoms with Gasteiger partial charge in [0.25, 0.3) is 5.91 Å². The molecule has 3 amide bonds. The number of urea groups is 1. The van der Waals surface area contributed by atoms with Gasteiger partial charge in [-0.2, -0.15) is 0 Å². The van der Waals surface area contributed by atoms with Crippen LogP contribution in [0.5, 0.6) is 5.75 Å². The zero-order chi connectivity index (χ0) is 18.9. The lowest BCUT2D eigenvalue weighted by molar-refractivity contribution is -0.129. The number of carbonyl (C=O) groups excluding carboxylic acids is 3. The van der Waals surface area contributed by atoms with E-state index in [2.05, 4.69) is 10.6 Å². The quantitative estimate of drug-likeness (QED) is 0.776. The maximum absolute atomic E-state index is 12.6. The first-order valence-corrected chi connectivity index (χ1v) is 8.07. The van der Waals surface area contributed by atoms with Crippen molar-refractivity contribution in [2.24, 2.45) is 0 Å². The Bertz CT molecular complexity index is 777. The Morgan fingerprint density at radius 1 is 1.00 bits per heavy atom. The Hall–Kier alpha value is -3.35. The molecule has 2 rings (SSSR count). The third-order valence-electron chi connectivity index (χ3n) is 3.44. The summed E-state index contributed by atoms with van der Waals surface area (Å²) in [4.78, 5) is 36.5. The molecule has 0 aliphatic rings. The van der Waals surface area contributed by atoms with Gasteiger partial charge in [0.15, 0.2) is 0 Å². The highest BCUT2D eigenvalue weighted by Gasteiger charge is 2.28. The van der Waals surface area contributed by atoms with E-state index in [1.807, 2.05) is 0 Å². The van der Waals surface area contributed by atoms with Crippen LogP contribution in [0.3, 0.4) is 0 Å². The molecular weight excluding hydrogens is 336 g/mol. The highest BCUT2D eigenvalue weighted by molar-refractivity contribution is 5.99. The first-order chi connectivity index (χ1) is 12.6. The van der Waals surface area contributed by atoms with E-state index in [9.17, 15) is 14.4 Å². The Morgan fingerprint density at radius 3 is 2.31 bits per heavy atom. The second kappa shape index (κ2) is 9.22. The summed E-state index contributed by atoms with van der Waals surface area (Å²) in [5.74, 6) is -1.12. The number of hydrogen-bond acceptors (Lipinski definition) is 5. The molecule has 1 atom stereocenters. The number of hydrogen-bond donors (Lipinski definition) is 2. The molecule has 0 aromatic heterocycles. The van der Waals surface area contributed by atoms with Gasteiger partial charge in [-0.15, -0.1) is 0 Å². The molecule has 0 fully saturated rings. The van der Waals surface area contributed by atoms with Crippen LogP contribution in [0.25, 0.3) is 0 Å². The summed E-state index contributed by atoms with van der Waals surface area (Å²) < 4.78 is 10.8. The van der Waals surface area contributed by atoms with Gasteiger partial charge in [0.1, 0.15) is 11.3 Å². The van der Waals surface area contributed by atoms with Gasteiger partial charge >= 0.3 is 12.0 Å². The summed E-state index contributed by atoms with van der Waals surface area (Å²) in [6, 6.07) is 14.3. The summed E-state index contributed by atoms with van der Waals surface area (Å²) in [6.45, 7) is 2.18. The molecule has 136 valence electrons. The Kier molecular flexibility index (Phi) is 6.73. The number of para-hydroxylation sites is 1. The smallest absolute Gasteiger partial charge is 0.343 e. The fourth-order valence-electron chi connectivity index (χ4n) is 2.23. The van der Waals surface area contributed by atoms with Crippen molar-refractivity contribution in [3.8, 4) is 5.75 Å². The summed E-state index contributed by atoms with van der Waals surface area (Å²) >= 11 is 0. The molecule has 26 heavy (non-hydrogen) atoms. The van der Waals surface area contributed by atoms with Crippen LogP contribution >= 0.6 is 0 Å². The van der Waals surface area contributed by atoms with Gasteiger partial charge in [0.2, 0.25) is 6.10 Å². The summed E-state index contributed by atoms with van der Waals surface area (Å²) in [6.07, 6.45) is -1.28. The maximum atomic E-state index is 12.6. The minimum atomic E-state index is -1.28. The predicted molar refractivity (Wildman–Crippen MR) is 94.8 cm³/mol. The molecule has 0 saturated heterocycles. The van der Waals surface area contributed by atoms with Crippen molar-refractivity contribution >= 4 is 17.9 Å². The van der Waals surface area contributed by atoms with E-state index in [0.29, 0.717) is 17.9 Å². The molecule has 7 heteroatoms. The lowest BCUT2D eigenvalue weighted by atomic mass is 10.1. The van der Waals surface area contributed by atoms with Gasteiger partial charge in [0.05, 0.1) is 6.61 Å². The van der Waals surface area contributed by atoms with Crippen molar-refractivity contribution < 1.29 is 23.9 Å². The minimum absolute atomic E-state index is 0.197. The standard InChI is InChI=1S/C19H20N2O5/c1-3-25-15-12-8-7-11-14(15)18(23)26-16(13-9-5-4-6-10-13)17(22)21-19(24)20-2/h4-12,16H,3H2,1-2H3,(H2,20,21,22,24). The number of rotatable bonds is 6. The lowest BCUT2D eigenvalue weighted by Crippen LogP contribution is -2.41. The highest BCUT2D eigenvalue weighted by Crippen LogP contribution is 2.24. The fraction of sp³-hybridized carbons (Fsp3) is 0.211. The largest absolute Gasteiger partial charge is 0.493 e. The second-order valence-corrected chi connectivity index (χ2v) is 5.19. The molecule has 0 aliphatic carbocycles. The number of amides is 3. The zero-order valence-electron chi connectivity index (χ0n) is 14.5. The first-order valence-electron chi connectivity index (χ1n) is 8.07. The number of ether oxygens (including phenoxy) is 2. The van der Waals surface area contributed by atoms with Gasteiger partial charge in [-0.1, -0.05) is 42.5 Å². The molecule has 0 radical (unpaired) electrons. The predicted octanol–water partition coefficient (Wildman–Crippen LogP) is 2.44. The van der Waals surface area contributed by atoms with Crippen LogP contribution in [0.1, 0.15) is 28.9 Å². The number of benzene rings is 2. The molecule has 0 aliphatic heterocycles. The molecule has 0 heterocycles. The third-order valence-corrected chi connectivity index (χ3v) is 3.44. The Balaban J connectivity index is 2.28. The molecule has 0 spiro atoms. The van der Waals surface area contributed by atoms with Crippen LogP contribution in [0.2, 0.25) is 0 Å². The Morgan fingerprint density at radius 2 is 1.65 bits per heavy atom. The van der Waals surface area contributed by atoms with Crippen LogP contribution in [0, 0.1) is 0 Å². The van der Waals surface area contributed by atoms with E-state index < -0.39 is 24.0 Å². The van der Waals surface area contributed by atoms with Gasteiger partial charge in [0, 0.05) is 12.6 Å². The Labute approximate surface area is 151 Å². The van der Waals surface area contributed by atoms with Crippen LogP contribution in [0.15, 0.2) is 54.6 Å². The zero-order valence-corrected chi connectivity index (χ0v) is 14.5. The van der Waals surface area contributed by atoms with Crippen molar-refractivity contribution in [3.05, 3.63) is 65.7 Å². The molecular formula is C19H20N2O5. The van der Waals surface area contributed by atoms with E-state index in [1.54, 1.807) is 61.5 Å². The van der Waals surface area contributed by atoms with Crippen LogP contribution < -0.4 is 15.4 Å². The topological polar surface area (TPSA) is 93.7 Å². The van der Waals surface area contributed by atoms with E-state index in [0.717, 1.165) is 0 Å². The number of imide groups is 1. The number of carbonyl (C=O) groups is 3. The van der Waals surface area contributed by atoms with Crippen molar-refractivity contribution in [3.63, 3.8) is 0 Å². The van der Waals surface area contributed by atoms with E-state index in [-0.39, 0.29) is 5.56 Å². The normalized spacial score (nSPS) is 11.2. The molecule has 2 aromatic rings. The number of esters is 1. The molecule has 2 N–H and O–H groups in total. The van der Waals surface area contributed by atoms with Crippen molar-refractivity contribution in [1.82, 2.24) is 10.6 Å². The number of nitrogens with one attached hydrogen (secondary N) is 2. The summed E-state index contributed by atoms with van der Waals surface area (Å²) in [5, 5.41) is 4.41. The van der Waals surface area contributed by atoms with Crippen LogP contribution in [-0.4, -0.2) is 31.6 Å². The molecule has 0 bridgehead atoms. The maximum Gasteiger partial charge on any atom is 0.343 e. The highest BCUT2D eigenvalue weighted by atomic mass is 16.6. The first kappa shape index (κ1) is 19.0. The lowest BCUT2D eigenvalue weighted by Gasteiger charge is -2.18. The van der Waals surface area contributed by atoms with E-state index in [4.69, 9.17) is 9.47 Å². The van der Waals surface area contributed by atoms with Crippen LogP contribution in [-0.2, 0) is 9.53 Å². The van der Waals surface area contributed by atoms with Gasteiger partial charge in [-0.05, 0) is 19.1 Å². The molecule has 1 unspecified atom stereocenters. The average Bonchev–Trinajstić information content (AvgIpc) is 2.67. The second-order valence-electron chi connectivity index (χ2n) is 5.19. The summed E-state index contributed by atoms with van der Waals surface area (Å²) in [7, 11) is 1.38.